The first-order chi connectivity index (χ1) is 14.8. The van der Waals surface area contributed by atoms with Crippen LogP contribution in [0.25, 0.3) is 16.8 Å². The Hall–Kier alpha value is -3.74. The third-order valence-corrected chi connectivity index (χ3v) is 5.21. The van der Waals surface area contributed by atoms with Gasteiger partial charge in [-0.3, -0.25) is 9.78 Å². The maximum Gasteiger partial charge on any atom is 0.251 e. The van der Waals surface area contributed by atoms with E-state index in [1.54, 1.807) is 12.4 Å². The van der Waals surface area contributed by atoms with Gasteiger partial charge in [-0.15, -0.1) is 0 Å². The molecule has 0 unspecified atom stereocenters. The Balaban J connectivity index is 1.33. The summed E-state index contributed by atoms with van der Waals surface area (Å²) in [5, 5.41) is 11.0. The van der Waals surface area contributed by atoms with E-state index in [9.17, 15) is 4.79 Å². The minimum absolute atomic E-state index is 0.0119. The summed E-state index contributed by atoms with van der Waals surface area (Å²) in [6.45, 7) is 0.769. The number of amides is 1. The van der Waals surface area contributed by atoms with Crippen molar-refractivity contribution in [2.45, 2.75) is 25.3 Å². The van der Waals surface area contributed by atoms with Crippen LogP contribution < -0.4 is 10.6 Å². The van der Waals surface area contributed by atoms with Crippen LogP contribution in [-0.4, -0.2) is 38.1 Å². The molecule has 1 amide bonds. The van der Waals surface area contributed by atoms with E-state index in [-0.39, 0.29) is 5.91 Å². The van der Waals surface area contributed by atoms with Crippen molar-refractivity contribution in [1.82, 2.24) is 24.9 Å². The van der Waals surface area contributed by atoms with Gasteiger partial charge in [-0.05, 0) is 54.7 Å². The first kappa shape index (κ1) is 18.3. The van der Waals surface area contributed by atoms with Crippen molar-refractivity contribution in [2.75, 3.05) is 11.9 Å². The summed E-state index contributed by atoms with van der Waals surface area (Å²) >= 11 is 0. The summed E-state index contributed by atoms with van der Waals surface area (Å²) in [7, 11) is 0. The molecule has 0 radical (unpaired) electrons. The second-order valence-electron chi connectivity index (χ2n) is 7.49. The quantitative estimate of drug-likeness (QED) is 0.499. The van der Waals surface area contributed by atoms with Gasteiger partial charge in [0.15, 0.2) is 5.65 Å². The van der Waals surface area contributed by atoms with E-state index < -0.39 is 0 Å². The Labute approximate surface area is 174 Å². The molecular weight excluding hydrogens is 376 g/mol. The average Bonchev–Trinajstić information content (AvgIpc) is 3.49. The lowest BCUT2D eigenvalue weighted by atomic mass is 10.1. The zero-order chi connectivity index (χ0) is 20.3. The molecule has 0 bridgehead atoms. The van der Waals surface area contributed by atoms with Crippen molar-refractivity contribution in [3.63, 3.8) is 0 Å². The molecule has 2 N–H and O–H groups in total. The van der Waals surface area contributed by atoms with Gasteiger partial charge in [0.1, 0.15) is 5.82 Å². The van der Waals surface area contributed by atoms with E-state index in [0.29, 0.717) is 11.6 Å². The van der Waals surface area contributed by atoms with Crippen LogP contribution in [0.1, 0.15) is 28.8 Å². The number of anilines is 1. The van der Waals surface area contributed by atoms with Crippen molar-refractivity contribution in [3.05, 3.63) is 78.4 Å². The zero-order valence-corrected chi connectivity index (χ0v) is 16.5. The highest BCUT2D eigenvalue weighted by molar-refractivity contribution is 5.95. The van der Waals surface area contributed by atoms with E-state index in [1.807, 2.05) is 53.3 Å². The molecule has 7 heteroatoms. The van der Waals surface area contributed by atoms with Crippen molar-refractivity contribution in [3.8, 4) is 11.1 Å². The van der Waals surface area contributed by atoms with Crippen LogP contribution in [0.4, 0.5) is 5.82 Å². The molecule has 1 aliphatic carbocycles. The van der Waals surface area contributed by atoms with Crippen molar-refractivity contribution in [1.29, 1.82) is 0 Å². The van der Waals surface area contributed by atoms with E-state index in [0.717, 1.165) is 48.4 Å². The summed E-state index contributed by atoms with van der Waals surface area (Å²) in [6, 6.07) is 13.9. The van der Waals surface area contributed by atoms with Crippen LogP contribution in [0.2, 0.25) is 0 Å². The molecule has 0 atom stereocenters. The van der Waals surface area contributed by atoms with Gasteiger partial charge in [-0.25, -0.2) is 4.98 Å². The van der Waals surface area contributed by atoms with Gasteiger partial charge in [0.05, 0.1) is 6.20 Å². The Morgan fingerprint density at radius 1 is 1.07 bits per heavy atom. The largest absolute Gasteiger partial charge is 0.370 e. The molecule has 4 aromatic rings. The standard InChI is InChI=1S/C23H22N6O/c30-23(28-19-7-8-19)18-5-3-17(4-6-18)20-15-27-29-21(10-13-26-22(20)29)25-12-9-16-2-1-11-24-14-16/h1-6,10-11,13-15,19,25H,7-9,12H2,(H,28,30). The third-order valence-electron chi connectivity index (χ3n) is 5.21. The maximum atomic E-state index is 12.2. The fourth-order valence-corrected chi connectivity index (χ4v) is 3.41. The van der Waals surface area contributed by atoms with Crippen LogP contribution in [0.15, 0.2) is 67.3 Å². The maximum absolute atomic E-state index is 12.2. The number of benzene rings is 1. The molecule has 5 rings (SSSR count). The monoisotopic (exact) mass is 398 g/mol. The lowest BCUT2D eigenvalue weighted by Gasteiger charge is -2.08. The van der Waals surface area contributed by atoms with E-state index in [4.69, 9.17) is 0 Å². The van der Waals surface area contributed by atoms with Crippen LogP contribution >= 0.6 is 0 Å². The van der Waals surface area contributed by atoms with Gasteiger partial charge in [0.2, 0.25) is 0 Å². The predicted octanol–water partition coefficient (Wildman–Crippen LogP) is 3.34. The first-order valence-corrected chi connectivity index (χ1v) is 10.1. The van der Waals surface area contributed by atoms with Gasteiger partial charge in [-0.1, -0.05) is 18.2 Å². The van der Waals surface area contributed by atoms with Gasteiger partial charge in [0.25, 0.3) is 5.91 Å². The van der Waals surface area contributed by atoms with E-state index >= 15 is 0 Å². The summed E-state index contributed by atoms with van der Waals surface area (Å²) in [5.74, 6) is 0.873. The smallest absolute Gasteiger partial charge is 0.251 e. The lowest BCUT2D eigenvalue weighted by Crippen LogP contribution is -2.25. The van der Waals surface area contributed by atoms with Crippen LogP contribution in [0.3, 0.4) is 0 Å². The second-order valence-corrected chi connectivity index (χ2v) is 7.49. The normalized spacial score (nSPS) is 13.3. The van der Waals surface area contributed by atoms with Gasteiger partial charge < -0.3 is 10.6 Å². The molecule has 1 aliphatic rings. The van der Waals surface area contributed by atoms with Crippen molar-refractivity contribution in [2.24, 2.45) is 0 Å². The topological polar surface area (TPSA) is 84.2 Å². The number of rotatable bonds is 7. The van der Waals surface area contributed by atoms with E-state index in [2.05, 4.69) is 31.8 Å². The summed E-state index contributed by atoms with van der Waals surface area (Å²) < 4.78 is 1.81. The van der Waals surface area contributed by atoms with Crippen molar-refractivity contribution < 1.29 is 4.79 Å². The van der Waals surface area contributed by atoms with Crippen LogP contribution in [0, 0.1) is 0 Å². The highest BCUT2D eigenvalue weighted by Gasteiger charge is 2.23. The molecule has 3 aromatic heterocycles. The molecule has 7 nitrogen and oxygen atoms in total. The van der Waals surface area contributed by atoms with Gasteiger partial charge >= 0.3 is 0 Å². The SMILES string of the molecule is O=C(NC1CC1)c1ccc(-c2cnn3c(NCCc4cccnc4)ccnc23)cc1. The molecule has 0 spiro atoms. The zero-order valence-electron chi connectivity index (χ0n) is 16.5. The number of pyridine rings is 1. The van der Waals surface area contributed by atoms with Crippen LogP contribution in [-0.2, 0) is 6.42 Å². The highest BCUT2D eigenvalue weighted by atomic mass is 16.1. The average molecular weight is 398 g/mol. The Kier molecular flexibility index (Phi) is 4.85. The minimum atomic E-state index is -0.0119. The number of hydrogen-bond donors (Lipinski definition) is 2. The number of aromatic nitrogens is 4. The fourth-order valence-electron chi connectivity index (χ4n) is 3.41. The number of nitrogens with zero attached hydrogens (tertiary/aromatic N) is 4. The molecule has 0 saturated heterocycles. The Bertz CT molecular complexity index is 1170. The Morgan fingerprint density at radius 2 is 1.93 bits per heavy atom. The summed E-state index contributed by atoms with van der Waals surface area (Å²) in [5.41, 5.74) is 4.54. The number of hydrogen-bond acceptors (Lipinski definition) is 5. The molecular formula is C23H22N6O. The molecule has 1 saturated carbocycles. The Morgan fingerprint density at radius 3 is 2.70 bits per heavy atom. The van der Waals surface area contributed by atoms with Crippen LogP contribution in [0.5, 0.6) is 0 Å². The molecule has 3 heterocycles. The van der Waals surface area contributed by atoms with Gasteiger partial charge in [-0.2, -0.15) is 9.61 Å². The van der Waals surface area contributed by atoms with Crippen molar-refractivity contribution >= 4 is 17.4 Å². The predicted molar refractivity (Wildman–Crippen MR) is 115 cm³/mol. The first-order valence-electron chi connectivity index (χ1n) is 10.1. The molecule has 0 aliphatic heterocycles. The second kappa shape index (κ2) is 7.94. The van der Waals surface area contributed by atoms with E-state index in [1.165, 1.54) is 5.56 Å². The number of nitrogens with one attached hydrogen (secondary N) is 2. The number of fused-ring (bicyclic) bond motifs is 1. The lowest BCUT2D eigenvalue weighted by molar-refractivity contribution is 0.0951. The number of carbonyl (C=O) groups excluding carboxylic acids is 1. The molecule has 1 fully saturated rings. The number of carbonyl (C=O) groups is 1. The minimum Gasteiger partial charge on any atom is -0.370 e. The fraction of sp³-hybridized carbons (Fsp3) is 0.217. The molecule has 30 heavy (non-hydrogen) atoms. The third kappa shape index (κ3) is 3.87. The molecule has 1 aromatic carbocycles. The highest BCUT2D eigenvalue weighted by Crippen LogP contribution is 2.26. The van der Waals surface area contributed by atoms with Gasteiger partial charge in [0, 0.05) is 42.3 Å². The summed E-state index contributed by atoms with van der Waals surface area (Å²) in [6.07, 6.45) is 10.3. The molecule has 150 valence electrons. The summed E-state index contributed by atoms with van der Waals surface area (Å²) in [4.78, 5) is 20.9.